The first-order valence-corrected chi connectivity index (χ1v) is 9.76. The van der Waals surface area contributed by atoms with Crippen molar-refractivity contribution in [3.63, 3.8) is 0 Å². The van der Waals surface area contributed by atoms with Crippen molar-refractivity contribution < 1.29 is 4.79 Å². The molecule has 0 fully saturated rings. The van der Waals surface area contributed by atoms with Gasteiger partial charge in [0.2, 0.25) is 0 Å². The minimum Gasteiger partial charge on any atom is -0.296 e. The molecular formula is C15H10BrClN4OS2. The molecule has 0 spiro atoms. The maximum atomic E-state index is 12.3. The lowest BCUT2D eigenvalue weighted by molar-refractivity contribution is 0.102. The fraction of sp³-hybridized carbons (Fsp3) is 0.0667. The maximum Gasteiger partial charge on any atom is 0.277 e. The number of rotatable bonds is 5. The molecule has 1 N–H and O–H groups in total. The van der Waals surface area contributed by atoms with Gasteiger partial charge in [0.25, 0.3) is 5.91 Å². The van der Waals surface area contributed by atoms with E-state index in [0.717, 1.165) is 5.56 Å². The molecule has 24 heavy (non-hydrogen) atoms. The van der Waals surface area contributed by atoms with Crippen LogP contribution < -0.4 is 5.32 Å². The number of benzene rings is 1. The number of aromatic nitrogens is 3. The summed E-state index contributed by atoms with van der Waals surface area (Å²) >= 11 is 12.0. The van der Waals surface area contributed by atoms with Gasteiger partial charge in [0.1, 0.15) is 5.69 Å². The standard InChI is InChI=1S/C15H10BrClN4OS2/c16-11-7-19-15(24-8-9-1-3-10(17)4-2-9)20-12(11)13(22)21-14-18-5-6-23-14/h1-7H,8H2,(H,18,21,22). The predicted octanol–water partition coefficient (Wildman–Crippen LogP) is 4.89. The van der Waals surface area contributed by atoms with E-state index in [0.29, 0.717) is 25.5 Å². The lowest BCUT2D eigenvalue weighted by Crippen LogP contribution is -2.15. The van der Waals surface area contributed by atoms with Crippen molar-refractivity contribution in [2.75, 3.05) is 5.32 Å². The van der Waals surface area contributed by atoms with Crippen LogP contribution in [0.15, 0.2) is 51.7 Å². The van der Waals surface area contributed by atoms with Crippen molar-refractivity contribution in [3.05, 3.63) is 62.8 Å². The van der Waals surface area contributed by atoms with Crippen LogP contribution in [0, 0.1) is 0 Å². The van der Waals surface area contributed by atoms with E-state index >= 15 is 0 Å². The summed E-state index contributed by atoms with van der Waals surface area (Å²) in [4.78, 5) is 24.9. The number of nitrogens with zero attached hydrogens (tertiary/aromatic N) is 3. The number of halogens is 2. The van der Waals surface area contributed by atoms with Crippen LogP contribution in [-0.4, -0.2) is 20.9 Å². The number of amides is 1. The molecule has 0 bridgehead atoms. The van der Waals surface area contributed by atoms with E-state index in [1.807, 2.05) is 24.3 Å². The lowest BCUT2D eigenvalue weighted by Gasteiger charge is -2.06. The average molecular weight is 442 g/mol. The van der Waals surface area contributed by atoms with Crippen molar-refractivity contribution in [3.8, 4) is 0 Å². The van der Waals surface area contributed by atoms with Gasteiger partial charge in [0, 0.05) is 28.5 Å². The van der Waals surface area contributed by atoms with E-state index in [1.54, 1.807) is 17.8 Å². The first-order chi connectivity index (χ1) is 11.6. The normalized spacial score (nSPS) is 10.6. The molecule has 0 aliphatic heterocycles. The first-order valence-electron chi connectivity index (χ1n) is 6.72. The van der Waals surface area contributed by atoms with Crippen molar-refractivity contribution >= 4 is 61.7 Å². The zero-order valence-electron chi connectivity index (χ0n) is 12.1. The van der Waals surface area contributed by atoms with Gasteiger partial charge in [0.05, 0.1) is 4.47 Å². The SMILES string of the molecule is O=C(Nc1nccs1)c1nc(SCc2ccc(Cl)cc2)ncc1Br. The molecule has 0 saturated carbocycles. The first kappa shape index (κ1) is 17.3. The van der Waals surface area contributed by atoms with Gasteiger partial charge in [-0.3, -0.25) is 10.1 Å². The van der Waals surface area contributed by atoms with Crippen LogP contribution in [0.3, 0.4) is 0 Å². The monoisotopic (exact) mass is 440 g/mol. The van der Waals surface area contributed by atoms with Crippen LogP contribution in [0.5, 0.6) is 0 Å². The number of hydrogen-bond acceptors (Lipinski definition) is 6. The Hall–Kier alpha value is -1.48. The predicted molar refractivity (Wildman–Crippen MR) is 101 cm³/mol. The Kier molecular flexibility index (Phi) is 5.83. The quantitative estimate of drug-likeness (QED) is 0.451. The third kappa shape index (κ3) is 4.54. The number of anilines is 1. The molecule has 1 amide bonds. The molecule has 0 atom stereocenters. The molecule has 0 aliphatic rings. The van der Waals surface area contributed by atoms with E-state index < -0.39 is 0 Å². The second-order valence-electron chi connectivity index (χ2n) is 4.56. The van der Waals surface area contributed by atoms with Gasteiger partial charge in [-0.15, -0.1) is 11.3 Å². The number of hydrogen-bond donors (Lipinski definition) is 1. The number of nitrogens with one attached hydrogen (secondary N) is 1. The number of carbonyl (C=O) groups is 1. The molecule has 3 rings (SSSR count). The molecule has 2 aromatic heterocycles. The summed E-state index contributed by atoms with van der Waals surface area (Å²) in [7, 11) is 0. The molecule has 3 aromatic rings. The third-order valence-electron chi connectivity index (χ3n) is 2.87. The fourth-order valence-electron chi connectivity index (χ4n) is 1.75. The van der Waals surface area contributed by atoms with E-state index in [4.69, 9.17) is 11.6 Å². The Bertz CT molecular complexity index is 843. The summed E-state index contributed by atoms with van der Waals surface area (Å²) < 4.78 is 0.535. The van der Waals surface area contributed by atoms with Gasteiger partial charge < -0.3 is 0 Å². The van der Waals surface area contributed by atoms with Gasteiger partial charge in [-0.05, 0) is 33.6 Å². The molecule has 0 unspecified atom stereocenters. The zero-order valence-corrected chi connectivity index (χ0v) is 16.0. The molecule has 9 heteroatoms. The highest BCUT2D eigenvalue weighted by Gasteiger charge is 2.15. The van der Waals surface area contributed by atoms with Crippen molar-refractivity contribution in [1.82, 2.24) is 15.0 Å². The van der Waals surface area contributed by atoms with Crippen molar-refractivity contribution in [2.45, 2.75) is 10.9 Å². The lowest BCUT2D eigenvalue weighted by atomic mass is 10.2. The highest BCUT2D eigenvalue weighted by molar-refractivity contribution is 9.10. The summed E-state index contributed by atoms with van der Waals surface area (Å²) in [5.74, 6) is 0.361. The van der Waals surface area contributed by atoms with Crippen molar-refractivity contribution in [1.29, 1.82) is 0 Å². The van der Waals surface area contributed by atoms with Gasteiger partial charge in [-0.2, -0.15) is 0 Å². The van der Waals surface area contributed by atoms with Crippen LogP contribution in [0.2, 0.25) is 5.02 Å². The molecule has 2 heterocycles. The van der Waals surface area contributed by atoms with Gasteiger partial charge in [0.15, 0.2) is 10.3 Å². The number of thioether (sulfide) groups is 1. The van der Waals surface area contributed by atoms with Crippen LogP contribution in [0.25, 0.3) is 0 Å². The smallest absolute Gasteiger partial charge is 0.277 e. The molecule has 122 valence electrons. The second-order valence-corrected chi connectivity index (χ2v) is 7.68. The summed E-state index contributed by atoms with van der Waals surface area (Å²) in [5.41, 5.74) is 1.38. The Morgan fingerprint density at radius 1 is 1.29 bits per heavy atom. The molecule has 0 saturated heterocycles. The zero-order chi connectivity index (χ0) is 16.9. The van der Waals surface area contributed by atoms with E-state index in [-0.39, 0.29) is 11.6 Å². The largest absolute Gasteiger partial charge is 0.296 e. The number of thiazole rings is 1. The third-order valence-corrected chi connectivity index (χ3v) is 5.32. The van der Waals surface area contributed by atoms with Gasteiger partial charge >= 0.3 is 0 Å². The highest BCUT2D eigenvalue weighted by Crippen LogP contribution is 2.23. The molecular weight excluding hydrogens is 432 g/mol. The molecule has 0 radical (unpaired) electrons. The molecule has 0 aliphatic carbocycles. The second kappa shape index (κ2) is 8.06. The summed E-state index contributed by atoms with van der Waals surface area (Å²) in [5, 5.41) is 6.25. The minimum absolute atomic E-state index is 0.277. The summed E-state index contributed by atoms with van der Waals surface area (Å²) in [6.07, 6.45) is 3.21. The van der Waals surface area contributed by atoms with Crippen LogP contribution >= 0.6 is 50.6 Å². The van der Waals surface area contributed by atoms with Crippen LogP contribution in [0.4, 0.5) is 5.13 Å². The van der Waals surface area contributed by atoms with Crippen molar-refractivity contribution in [2.24, 2.45) is 0 Å². The summed E-state index contributed by atoms with van der Waals surface area (Å²) in [6, 6.07) is 7.58. The topological polar surface area (TPSA) is 67.8 Å². The van der Waals surface area contributed by atoms with E-state index in [9.17, 15) is 4.79 Å². The van der Waals surface area contributed by atoms with E-state index in [2.05, 4.69) is 36.2 Å². The molecule has 5 nitrogen and oxygen atoms in total. The average Bonchev–Trinajstić information content (AvgIpc) is 3.08. The van der Waals surface area contributed by atoms with Gasteiger partial charge in [-0.25, -0.2) is 15.0 Å². The Morgan fingerprint density at radius 2 is 2.08 bits per heavy atom. The Morgan fingerprint density at radius 3 is 2.79 bits per heavy atom. The van der Waals surface area contributed by atoms with Crippen LogP contribution in [-0.2, 0) is 5.75 Å². The van der Waals surface area contributed by atoms with E-state index in [1.165, 1.54) is 23.1 Å². The fourth-order valence-corrected chi connectivity index (χ4v) is 3.54. The molecule has 1 aromatic carbocycles. The van der Waals surface area contributed by atoms with Crippen LogP contribution in [0.1, 0.15) is 16.1 Å². The summed E-state index contributed by atoms with van der Waals surface area (Å²) in [6.45, 7) is 0. The van der Waals surface area contributed by atoms with Gasteiger partial charge in [-0.1, -0.05) is 35.5 Å². The minimum atomic E-state index is -0.326. The highest BCUT2D eigenvalue weighted by atomic mass is 79.9. The Balaban J connectivity index is 1.71. The maximum absolute atomic E-state index is 12.3. The Labute approximate surface area is 160 Å². The number of carbonyl (C=O) groups excluding carboxylic acids is 1.